The maximum absolute atomic E-state index is 13.5. The van der Waals surface area contributed by atoms with Crippen molar-refractivity contribution in [2.24, 2.45) is 0 Å². The highest BCUT2D eigenvalue weighted by Crippen LogP contribution is 2.22. The number of hydrogen-bond acceptors (Lipinski definition) is 2. The van der Waals surface area contributed by atoms with E-state index < -0.39 is 17.7 Å². The van der Waals surface area contributed by atoms with E-state index in [0.717, 1.165) is 17.2 Å². The molecule has 0 aliphatic heterocycles. The summed E-state index contributed by atoms with van der Waals surface area (Å²) >= 11 is 0. The van der Waals surface area contributed by atoms with Gasteiger partial charge in [0.05, 0.1) is 5.69 Å². The quantitative estimate of drug-likeness (QED) is 0.922. The Bertz CT molecular complexity index is 599. The van der Waals surface area contributed by atoms with Crippen LogP contribution in [0.4, 0.5) is 8.78 Å². The van der Waals surface area contributed by atoms with Crippen LogP contribution in [0.3, 0.4) is 0 Å². The van der Waals surface area contributed by atoms with E-state index in [2.05, 4.69) is 4.98 Å². The molecule has 2 nitrogen and oxygen atoms in total. The first-order valence-electron chi connectivity index (χ1n) is 6.02. The van der Waals surface area contributed by atoms with Gasteiger partial charge in [0.2, 0.25) is 0 Å². The Morgan fingerprint density at radius 2 is 1.95 bits per heavy atom. The summed E-state index contributed by atoms with van der Waals surface area (Å²) in [4.78, 5) is 4.17. The molecule has 1 aromatic carbocycles. The summed E-state index contributed by atoms with van der Waals surface area (Å²) in [6.45, 7) is 3.76. The molecule has 0 spiro atoms. The van der Waals surface area contributed by atoms with Crippen LogP contribution in [-0.2, 0) is 6.42 Å². The number of rotatable bonds is 3. The van der Waals surface area contributed by atoms with Gasteiger partial charge in [-0.1, -0.05) is 12.1 Å². The van der Waals surface area contributed by atoms with E-state index in [4.69, 9.17) is 0 Å². The molecule has 0 bridgehead atoms. The van der Waals surface area contributed by atoms with Crippen LogP contribution in [0.5, 0.6) is 0 Å². The van der Waals surface area contributed by atoms with Crippen LogP contribution in [0.25, 0.3) is 0 Å². The smallest absolute Gasteiger partial charge is 0.129 e. The molecule has 0 saturated heterocycles. The lowest BCUT2D eigenvalue weighted by Gasteiger charge is -2.13. The van der Waals surface area contributed by atoms with E-state index in [-0.39, 0.29) is 12.0 Å². The van der Waals surface area contributed by atoms with Gasteiger partial charge in [-0.05, 0) is 36.6 Å². The molecule has 1 atom stereocenters. The first-order chi connectivity index (χ1) is 8.97. The second kappa shape index (κ2) is 5.45. The largest absolute Gasteiger partial charge is 0.386 e. The van der Waals surface area contributed by atoms with Crippen LogP contribution in [0.15, 0.2) is 30.5 Å². The van der Waals surface area contributed by atoms with E-state index in [0.29, 0.717) is 5.69 Å². The Hall–Kier alpha value is -1.81. The molecule has 2 aromatic rings. The van der Waals surface area contributed by atoms with Gasteiger partial charge in [-0.15, -0.1) is 0 Å². The van der Waals surface area contributed by atoms with Crippen LogP contribution in [0.2, 0.25) is 0 Å². The zero-order valence-corrected chi connectivity index (χ0v) is 10.8. The van der Waals surface area contributed by atoms with E-state index >= 15 is 0 Å². The third-order valence-corrected chi connectivity index (χ3v) is 3.00. The number of aryl methyl sites for hydroxylation is 2. The molecule has 1 heterocycles. The Morgan fingerprint density at radius 1 is 1.21 bits per heavy atom. The molecular formula is C15H15F2NO. The molecule has 100 valence electrons. The van der Waals surface area contributed by atoms with Crippen LogP contribution in [-0.4, -0.2) is 10.1 Å². The maximum Gasteiger partial charge on any atom is 0.129 e. The normalized spacial score (nSPS) is 12.5. The van der Waals surface area contributed by atoms with Gasteiger partial charge in [0, 0.05) is 18.7 Å². The minimum Gasteiger partial charge on any atom is -0.386 e. The zero-order chi connectivity index (χ0) is 14.0. The summed E-state index contributed by atoms with van der Waals surface area (Å²) in [5.74, 6) is -1.27. The van der Waals surface area contributed by atoms with Crippen molar-refractivity contribution in [2.45, 2.75) is 26.4 Å². The third kappa shape index (κ3) is 3.15. The number of aliphatic hydroxyl groups is 1. The van der Waals surface area contributed by atoms with Crippen molar-refractivity contribution in [3.05, 3.63) is 64.5 Å². The fourth-order valence-electron chi connectivity index (χ4n) is 2.07. The molecule has 4 heteroatoms. The highest BCUT2D eigenvalue weighted by Gasteiger charge is 2.15. The Balaban J connectivity index is 2.23. The van der Waals surface area contributed by atoms with Crippen molar-refractivity contribution in [1.29, 1.82) is 0 Å². The fourth-order valence-corrected chi connectivity index (χ4v) is 2.07. The summed E-state index contributed by atoms with van der Waals surface area (Å²) in [5, 5.41) is 10.1. The molecule has 0 radical (unpaired) electrons. The van der Waals surface area contributed by atoms with E-state index in [9.17, 15) is 13.9 Å². The van der Waals surface area contributed by atoms with Gasteiger partial charge in [0.25, 0.3) is 0 Å². The highest BCUT2D eigenvalue weighted by molar-refractivity contribution is 5.27. The van der Waals surface area contributed by atoms with Crippen molar-refractivity contribution >= 4 is 0 Å². The predicted octanol–water partition coefficient (Wildman–Crippen LogP) is 3.25. The molecule has 19 heavy (non-hydrogen) atoms. The zero-order valence-electron chi connectivity index (χ0n) is 10.8. The molecule has 2 rings (SSSR count). The highest BCUT2D eigenvalue weighted by atomic mass is 19.1. The standard InChI is InChI=1S/C15H15F2NO/c1-9-5-10(2)15(18-8-9)14(19)6-11-3-4-12(16)7-13(11)17/h3-5,7-8,14,19H,6H2,1-2H3. The van der Waals surface area contributed by atoms with Gasteiger partial charge in [0.1, 0.15) is 17.7 Å². The summed E-state index contributed by atoms with van der Waals surface area (Å²) in [6, 6.07) is 5.25. The van der Waals surface area contributed by atoms with Gasteiger partial charge >= 0.3 is 0 Å². The second-order valence-electron chi connectivity index (χ2n) is 4.67. The second-order valence-corrected chi connectivity index (χ2v) is 4.67. The van der Waals surface area contributed by atoms with Crippen molar-refractivity contribution in [3.63, 3.8) is 0 Å². The van der Waals surface area contributed by atoms with E-state index in [1.165, 1.54) is 12.1 Å². The summed E-state index contributed by atoms with van der Waals surface area (Å²) in [7, 11) is 0. The lowest BCUT2D eigenvalue weighted by molar-refractivity contribution is 0.171. The summed E-state index contributed by atoms with van der Waals surface area (Å²) < 4.78 is 26.3. The summed E-state index contributed by atoms with van der Waals surface area (Å²) in [6.07, 6.45) is 0.829. The SMILES string of the molecule is Cc1cnc(C(O)Cc2ccc(F)cc2F)c(C)c1. The topological polar surface area (TPSA) is 33.1 Å². The molecule has 0 aliphatic carbocycles. The number of halogens is 2. The maximum atomic E-state index is 13.5. The van der Waals surface area contributed by atoms with Crippen molar-refractivity contribution in [2.75, 3.05) is 0 Å². The Kier molecular flexibility index (Phi) is 3.90. The number of aliphatic hydroxyl groups excluding tert-OH is 1. The van der Waals surface area contributed by atoms with Gasteiger partial charge in [0.15, 0.2) is 0 Å². The van der Waals surface area contributed by atoms with Crippen LogP contribution >= 0.6 is 0 Å². The number of aromatic nitrogens is 1. The molecular weight excluding hydrogens is 248 g/mol. The molecule has 0 fully saturated rings. The van der Waals surface area contributed by atoms with Crippen molar-refractivity contribution in [3.8, 4) is 0 Å². The van der Waals surface area contributed by atoms with Gasteiger partial charge in [-0.3, -0.25) is 4.98 Å². The minimum absolute atomic E-state index is 0.0724. The first-order valence-corrected chi connectivity index (χ1v) is 6.02. The Morgan fingerprint density at radius 3 is 2.58 bits per heavy atom. The van der Waals surface area contributed by atoms with Gasteiger partial charge in [-0.2, -0.15) is 0 Å². The van der Waals surface area contributed by atoms with Gasteiger partial charge in [-0.25, -0.2) is 8.78 Å². The number of nitrogens with zero attached hydrogens (tertiary/aromatic N) is 1. The monoisotopic (exact) mass is 263 g/mol. The fraction of sp³-hybridized carbons (Fsp3) is 0.267. The Labute approximate surface area is 110 Å². The van der Waals surface area contributed by atoms with Crippen molar-refractivity contribution in [1.82, 2.24) is 4.98 Å². The van der Waals surface area contributed by atoms with Crippen LogP contribution in [0, 0.1) is 25.5 Å². The number of hydrogen-bond donors (Lipinski definition) is 1. The average molecular weight is 263 g/mol. The molecule has 1 N–H and O–H groups in total. The molecule has 1 aromatic heterocycles. The van der Waals surface area contributed by atoms with Crippen LogP contribution < -0.4 is 0 Å². The predicted molar refractivity (Wildman–Crippen MR) is 68.7 cm³/mol. The van der Waals surface area contributed by atoms with Gasteiger partial charge < -0.3 is 5.11 Å². The lowest BCUT2D eigenvalue weighted by Crippen LogP contribution is -2.08. The van der Waals surface area contributed by atoms with E-state index in [1.54, 1.807) is 6.20 Å². The number of pyridine rings is 1. The van der Waals surface area contributed by atoms with E-state index in [1.807, 2.05) is 19.9 Å². The molecule has 0 aliphatic rings. The van der Waals surface area contributed by atoms with Crippen LogP contribution in [0.1, 0.15) is 28.5 Å². The molecule has 1 unspecified atom stereocenters. The third-order valence-electron chi connectivity index (χ3n) is 3.00. The molecule has 0 saturated carbocycles. The lowest BCUT2D eigenvalue weighted by atomic mass is 10.0. The molecule has 0 amide bonds. The minimum atomic E-state index is -0.902. The van der Waals surface area contributed by atoms with Crippen molar-refractivity contribution < 1.29 is 13.9 Å². The first kappa shape index (κ1) is 13.6. The summed E-state index contributed by atoms with van der Waals surface area (Å²) in [5.41, 5.74) is 2.65. The average Bonchev–Trinajstić information content (AvgIpc) is 2.32. The number of benzene rings is 1.